The molecule has 4 N–H and O–H groups in total. The highest BCUT2D eigenvalue weighted by atomic mass is 32.2. The third-order valence-electron chi connectivity index (χ3n) is 3.77. The van der Waals surface area contributed by atoms with Crippen molar-refractivity contribution in [2.24, 2.45) is 5.73 Å². The van der Waals surface area contributed by atoms with Crippen LogP contribution in [-0.4, -0.2) is 38.7 Å². The van der Waals surface area contributed by atoms with E-state index >= 15 is 0 Å². The first kappa shape index (κ1) is 16.7. The molecule has 0 aliphatic heterocycles. The first-order valence-corrected chi connectivity index (χ1v) is 8.50. The van der Waals surface area contributed by atoms with Gasteiger partial charge in [0.1, 0.15) is 5.75 Å². The van der Waals surface area contributed by atoms with Crippen molar-refractivity contribution in [3.8, 4) is 5.75 Å². The molecule has 0 radical (unpaired) electrons. The number of amides is 1. The normalized spacial score (nSPS) is 22.3. The smallest absolute Gasteiger partial charge is 0.252 e. The van der Waals surface area contributed by atoms with E-state index in [1.807, 2.05) is 0 Å². The summed E-state index contributed by atoms with van der Waals surface area (Å²) < 4.78 is 32.4. The van der Waals surface area contributed by atoms with E-state index in [0.717, 1.165) is 0 Å². The lowest BCUT2D eigenvalue weighted by Crippen LogP contribution is -2.38. The van der Waals surface area contributed by atoms with Crippen LogP contribution in [0.15, 0.2) is 23.1 Å². The zero-order valence-electron chi connectivity index (χ0n) is 12.3. The van der Waals surface area contributed by atoms with Gasteiger partial charge in [-0.3, -0.25) is 4.79 Å². The van der Waals surface area contributed by atoms with Gasteiger partial charge < -0.3 is 15.6 Å². The number of nitrogens with two attached hydrogens (primary N) is 1. The molecule has 7 nitrogen and oxygen atoms in total. The molecule has 2 rings (SSSR count). The second-order valence-corrected chi connectivity index (χ2v) is 7.07. The highest BCUT2D eigenvalue weighted by molar-refractivity contribution is 7.89. The Hall–Kier alpha value is -1.64. The summed E-state index contributed by atoms with van der Waals surface area (Å²) >= 11 is 0. The van der Waals surface area contributed by atoms with Gasteiger partial charge >= 0.3 is 0 Å². The van der Waals surface area contributed by atoms with Crippen LogP contribution in [0, 0.1) is 0 Å². The summed E-state index contributed by atoms with van der Waals surface area (Å²) in [7, 11) is -2.38. The standard InChI is InChI=1S/C14H20N2O5S/c1-21-13-7-6-11(8-12(13)14(15)18)22(19,20)16-9-2-4-10(17)5-3-9/h6-10,16-17H,2-5H2,1H3,(H2,15,18). The molecule has 0 unspecified atom stereocenters. The summed E-state index contributed by atoms with van der Waals surface area (Å²) in [5, 5.41) is 9.45. The number of benzene rings is 1. The van der Waals surface area contributed by atoms with E-state index in [1.54, 1.807) is 0 Å². The van der Waals surface area contributed by atoms with Gasteiger partial charge in [0, 0.05) is 6.04 Å². The highest BCUT2D eigenvalue weighted by Crippen LogP contribution is 2.24. The largest absolute Gasteiger partial charge is 0.496 e. The fourth-order valence-corrected chi connectivity index (χ4v) is 3.86. The van der Waals surface area contributed by atoms with Crippen molar-refractivity contribution in [2.75, 3.05) is 7.11 Å². The number of hydrogen-bond donors (Lipinski definition) is 3. The number of hydrogen-bond acceptors (Lipinski definition) is 5. The molecule has 0 atom stereocenters. The number of primary amides is 1. The van der Waals surface area contributed by atoms with Gasteiger partial charge in [-0.25, -0.2) is 13.1 Å². The van der Waals surface area contributed by atoms with Crippen molar-refractivity contribution >= 4 is 15.9 Å². The molecule has 8 heteroatoms. The Kier molecular flexibility index (Phi) is 5.05. The fraction of sp³-hybridized carbons (Fsp3) is 0.500. The summed E-state index contributed by atoms with van der Waals surface area (Å²) in [6.45, 7) is 0. The molecule has 1 aromatic rings. The Morgan fingerprint density at radius 1 is 1.32 bits per heavy atom. The van der Waals surface area contributed by atoms with Gasteiger partial charge in [-0.2, -0.15) is 0 Å². The van der Waals surface area contributed by atoms with Gasteiger partial charge in [-0.05, 0) is 43.9 Å². The molecule has 0 spiro atoms. The van der Waals surface area contributed by atoms with Crippen LogP contribution in [-0.2, 0) is 10.0 Å². The quantitative estimate of drug-likeness (QED) is 0.722. The molecule has 1 saturated carbocycles. The van der Waals surface area contributed by atoms with E-state index in [2.05, 4.69) is 4.72 Å². The molecular formula is C14H20N2O5S. The van der Waals surface area contributed by atoms with Crippen LogP contribution in [0.1, 0.15) is 36.0 Å². The number of aliphatic hydroxyl groups excluding tert-OH is 1. The first-order chi connectivity index (χ1) is 10.3. The molecule has 1 aromatic carbocycles. The molecule has 0 heterocycles. The average Bonchev–Trinajstić information content (AvgIpc) is 2.48. The van der Waals surface area contributed by atoms with Crippen LogP contribution in [0.25, 0.3) is 0 Å². The molecule has 0 aromatic heterocycles. The number of sulfonamides is 1. The van der Waals surface area contributed by atoms with Crippen LogP contribution in [0.5, 0.6) is 5.75 Å². The molecule has 122 valence electrons. The van der Waals surface area contributed by atoms with Crippen molar-refractivity contribution in [3.05, 3.63) is 23.8 Å². The zero-order valence-corrected chi connectivity index (χ0v) is 13.1. The molecule has 0 saturated heterocycles. The van der Waals surface area contributed by atoms with Gasteiger partial charge in [0.2, 0.25) is 10.0 Å². The number of nitrogens with one attached hydrogen (secondary N) is 1. The number of carbonyl (C=O) groups excluding carboxylic acids is 1. The summed E-state index contributed by atoms with van der Waals surface area (Å²) in [5.41, 5.74) is 5.26. The van der Waals surface area contributed by atoms with E-state index in [9.17, 15) is 18.3 Å². The Balaban J connectivity index is 2.22. The number of rotatable bonds is 5. The van der Waals surface area contributed by atoms with Crippen LogP contribution in [0.2, 0.25) is 0 Å². The molecule has 1 aliphatic carbocycles. The summed E-state index contributed by atoms with van der Waals surface area (Å²) in [6, 6.07) is 3.76. The van der Waals surface area contributed by atoms with E-state index in [0.29, 0.717) is 25.7 Å². The Morgan fingerprint density at radius 3 is 2.50 bits per heavy atom. The topological polar surface area (TPSA) is 119 Å². The van der Waals surface area contributed by atoms with Crippen molar-refractivity contribution in [1.82, 2.24) is 4.72 Å². The lowest BCUT2D eigenvalue weighted by Gasteiger charge is -2.26. The van der Waals surface area contributed by atoms with Gasteiger partial charge in [-0.15, -0.1) is 0 Å². The second-order valence-electron chi connectivity index (χ2n) is 5.35. The van der Waals surface area contributed by atoms with Crippen molar-refractivity contribution in [2.45, 2.75) is 42.7 Å². The molecule has 22 heavy (non-hydrogen) atoms. The predicted molar refractivity (Wildman–Crippen MR) is 80.1 cm³/mol. The molecule has 1 aliphatic rings. The van der Waals surface area contributed by atoms with Crippen molar-refractivity contribution in [3.63, 3.8) is 0 Å². The van der Waals surface area contributed by atoms with Crippen LogP contribution < -0.4 is 15.2 Å². The summed E-state index contributed by atoms with van der Waals surface area (Å²) in [5.74, 6) is -0.526. The monoisotopic (exact) mass is 328 g/mol. The van der Waals surface area contributed by atoms with Crippen LogP contribution >= 0.6 is 0 Å². The van der Waals surface area contributed by atoms with Crippen molar-refractivity contribution in [1.29, 1.82) is 0 Å². The van der Waals surface area contributed by atoms with Crippen LogP contribution in [0.3, 0.4) is 0 Å². The lowest BCUT2D eigenvalue weighted by molar-refractivity contribution is 0.0997. The van der Waals surface area contributed by atoms with Crippen LogP contribution in [0.4, 0.5) is 0 Å². The maximum Gasteiger partial charge on any atom is 0.252 e. The van der Waals surface area contributed by atoms with Crippen molar-refractivity contribution < 1.29 is 23.1 Å². The molecule has 1 amide bonds. The van der Waals surface area contributed by atoms with Gasteiger partial charge in [-0.1, -0.05) is 0 Å². The first-order valence-electron chi connectivity index (χ1n) is 7.01. The summed E-state index contributed by atoms with van der Waals surface area (Å²) in [4.78, 5) is 11.4. The predicted octanol–water partition coefficient (Wildman–Crippen LogP) is 0.376. The van der Waals surface area contributed by atoms with E-state index in [1.165, 1.54) is 25.3 Å². The van der Waals surface area contributed by atoms with Gasteiger partial charge in [0.25, 0.3) is 5.91 Å². The highest BCUT2D eigenvalue weighted by Gasteiger charge is 2.25. The number of ether oxygens (including phenoxy) is 1. The van der Waals surface area contributed by atoms with Gasteiger partial charge in [0.05, 0.1) is 23.7 Å². The Morgan fingerprint density at radius 2 is 1.95 bits per heavy atom. The Bertz CT molecular complexity index is 651. The van der Waals surface area contributed by atoms with E-state index < -0.39 is 15.9 Å². The minimum absolute atomic E-state index is 0.0180. The molecule has 1 fully saturated rings. The van der Waals surface area contributed by atoms with E-state index in [-0.39, 0.29) is 28.4 Å². The molecule has 0 bridgehead atoms. The molecular weight excluding hydrogens is 308 g/mol. The fourth-order valence-electron chi connectivity index (χ4n) is 2.53. The maximum atomic E-state index is 12.4. The second kappa shape index (κ2) is 6.64. The average molecular weight is 328 g/mol. The van der Waals surface area contributed by atoms with E-state index in [4.69, 9.17) is 10.5 Å². The number of carbonyl (C=O) groups is 1. The lowest BCUT2D eigenvalue weighted by atomic mass is 9.94. The number of aliphatic hydroxyl groups is 1. The third-order valence-corrected chi connectivity index (χ3v) is 5.28. The summed E-state index contributed by atoms with van der Waals surface area (Å²) in [6.07, 6.45) is 1.95. The SMILES string of the molecule is COc1ccc(S(=O)(=O)NC2CCC(O)CC2)cc1C(N)=O. The Labute approximate surface area is 129 Å². The maximum absolute atomic E-state index is 12.4. The third kappa shape index (κ3) is 3.76. The zero-order chi connectivity index (χ0) is 16.3. The number of methoxy groups -OCH3 is 1. The van der Waals surface area contributed by atoms with Gasteiger partial charge in [0.15, 0.2) is 0 Å². The minimum Gasteiger partial charge on any atom is -0.496 e. The minimum atomic E-state index is -3.75.